The molecule has 1 aliphatic heterocycles. The number of amides is 1. The lowest BCUT2D eigenvalue weighted by atomic mass is 10.2. The van der Waals surface area contributed by atoms with Crippen molar-refractivity contribution in [3.63, 3.8) is 0 Å². The normalized spacial score (nSPS) is 20.6. The Morgan fingerprint density at radius 2 is 2.00 bits per heavy atom. The summed E-state index contributed by atoms with van der Waals surface area (Å²) in [6.45, 7) is 0.0617. The Labute approximate surface area is 119 Å². The smallest absolute Gasteiger partial charge is 0.368 e. The minimum atomic E-state index is -4.64. The standard InChI is InChI=1S/C12H13F3N2O3S/c13-12(14,15)8-3-1-4-9(7-8)21(19,20)17-6-2-5-10(17)11(16)18/h1,3-4,7,10H,2,5-6H2,(H2,16,18). The maximum Gasteiger partial charge on any atom is 0.416 e. The van der Waals surface area contributed by atoms with Crippen LogP contribution >= 0.6 is 0 Å². The highest BCUT2D eigenvalue weighted by molar-refractivity contribution is 7.89. The minimum absolute atomic E-state index is 0.0617. The number of primary amides is 1. The Hall–Kier alpha value is -1.61. The van der Waals surface area contributed by atoms with Gasteiger partial charge >= 0.3 is 6.18 Å². The zero-order valence-electron chi connectivity index (χ0n) is 10.8. The van der Waals surface area contributed by atoms with E-state index in [1.807, 2.05) is 0 Å². The van der Waals surface area contributed by atoms with Gasteiger partial charge in [0.1, 0.15) is 6.04 Å². The third-order valence-corrected chi connectivity index (χ3v) is 5.20. The Morgan fingerprint density at radius 3 is 2.57 bits per heavy atom. The number of nitrogens with zero attached hydrogens (tertiary/aromatic N) is 1. The lowest BCUT2D eigenvalue weighted by molar-refractivity contribution is -0.137. The Morgan fingerprint density at radius 1 is 1.33 bits per heavy atom. The van der Waals surface area contributed by atoms with Gasteiger partial charge in [-0.3, -0.25) is 4.79 Å². The predicted octanol–water partition coefficient (Wildman–Crippen LogP) is 1.34. The zero-order chi connectivity index (χ0) is 15.8. The summed E-state index contributed by atoms with van der Waals surface area (Å²) >= 11 is 0. The van der Waals surface area contributed by atoms with Crippen LogP contribution in [0, 0.1) is 0 Å². The summed E-state index contributed by atoms with van der Waals surface area (Å²) in [4.78, 5) is 10.8. The monoisotopic (exact) mass is 322 g/mol. The molecule has 0 bridgehead atoms. The van der Waals surface area contributed by atoms with E-state index in [1.54, 1.807) is 0 Å². The molecule has 0 radical (unpaired) electrons. The van der Waals surface area contributed by atoms with E-state index < -0.39 is 38.6 Å². The summed E-state index contributed by atoms with van der Waals surface area (Å²) in [6, 6.07) is 2.43. The number of carbonyl (C=O) groups excluding carboxylic acids is 1. The number of hydrogen-bond donors (Lipinski definition) is 1. The third kappa shape index (κ3) is 3.03. The van der Waals surface area contributed by atoms with Crippen molar-refractivity contribution in [1.29, 1.82) is 0 Å². The number of halogens is 3. The first-order valence-corrected chi connectivity index (χ1v) is 7.56. The molecule has 0 aliphatic carbocycles. The summed E-state index contributed by atoms with van der Waals surface area (Å²) in [5, 5.41) is 0. The van der Waals surface area contributed by atoms with Gasteiger partial charge in [0.25, 0.3) is 0 Å². The van der Waals surface area contributed by atoms with Gasteiger partial charge < -0.3 is 5.73 Å². The molecule has 0 aromatic heterocycles. The molecule has 116 valence electrons. The summed E-state index contributed by atoms with van der Waals surface area (Å²) in [5.74, 6) is -0.803. The molecule has 9 heteroatoms. The molecule has 0 spiro atoms. The zero-order valence-corrected chi connectivity index (χ0v) is 11.6. The van der Waals surface area contributed by atoms with Crippen LogP contribution in [0.2, 0.25) is 0 Å². The highest BCUT2D eigenvalue weighted by Gasteiger charge is 2.39. The number of alkyl halides is 3. The Bertz CT molecular complexity index is 658. The van der Waals surface area contributed by atoms with Crippen LogP contribution in [0.3, 0.4) is 0 Å². The highest BCUT2D eigenvalue weighted by atomic mass is 32.2. The minimum Gasteiger partial charge on any atom is -0.368 e. The van der Waals surface area contributed by atoms with Gasteiger partial charge in [0.2, 0.25) is 15.9 Å². The van der Waals surface area contributed by atoms with Gasteiger partial charge in [0.05, 0.1) is 10.5 Å². The first-order valence-electron chi connectivity index (χ1n) is 6.12. The second-order valence-corrected chi connectivity index (χ2v) is 6.59. The Kier molecular flexibility index (Phi) is 3.98. The van der Waals surface area contributed by atoms with Crippen molar-refractivity contribution < 1.29 is 26.4 Å². The second kappa shape index (κ2) is 5.30. The van der Waals surface area contributed by atoms with Crippen molar-refractivity contribution in [3.05, 3.63) is 29.8 Å². The van der Waals surface area contributed by atoms with Gasteiger partial charge in [0, 0.05) is 6.54 Å². The van der Waals surface area contributed by atoms with Crippen LogP contribution in [0.25, 0.3) is 0 Å². The summed E-state index contributed by atoms with van der Waals surface area (Å²) < 4.78 is 63.6. The second-order valence-electron chi connectivity index (χ2n) is 4.70. The van der Waals surface area contributed by atoms with Crippen molar-refractivity contribution in [2.45, 2.75) is 30.0 Å². The molecule has 0 saturated carbocycles. The summed E-state index contributed by atoms with van der Waals surface area (Å²) in [7, 11) is -4.18. The molecule has 1 heterocycles. The van der Waals surface area contributed by atoms with E-state index in [9.17, 15) is 26.4 Å². The number of sulfonamides is 1. The number of hydrogen-bond acceptors (Lipinski definition) is 3. The van der Waals surface area contributed by atoms with Gasteiger partial charge in [-0.15, -0.1) is 0 Å². The molecule has 1 aliphatic rings. The van der Waals surface area contributed by atoms with Crippen molar-refractivity contribution in [1.82, 2.24) is 4.31 Å². The van der Waals surface area contributed by atoms with E-state index in [-0.39, 0.29) is 13.0 Å². The molecule has 2 N–H and O–H groups in total. The highest BCUT2D eigenvalue weighted by Crippen LogP contribution is 2.32. The van der Waals surface area contributed by atoms with E-state index in [0.717, 1.165) is 22.5 Å². The van der Waals surface area contributed by atoms with Crippen LogP contribution in [-0.4, -0.2) is 31.2 Å². The third-order valence-electron chi connectivity index (χ3n) is 3.30. The molecular weight excluding hydrogens is 309 g/mol. The van der Waals surface area contributed by atoms with Crippen LogP contribution < -0.4 is 5.73 Å². The fourth-order valence-corrected chi connectivity index (χ4v) is 3.99. The van der Waals surface area contributed by atoms with Crippen LogP contribution in [0.15, 0.2) is 29.2 Å². The lowest BCUT2D eigenvalue weighted by Crippen LogP contribution is -2.43. The predicted molar refractivity (Wildman–Crippen MR) is 67.6 cm³/mol. The van der Waals surface area contributed by atoms with Crippen LogP contribution in [-0.2, 0) is 21.0 Å². The topological polar surface area (TPSA) is 80.5 Å². The van der Waals surface area contributed by atoms with Crippen LogP contribution in [0.4, 0.5) is 13.2 Å². The van der Waals surface area contributed by atoms with Crippen LogP contribution in [0.5, 0.6) is 0 Å². The first-order chi connectivity index (χ1) is 9.64. The van der Waals surface area contributed by atoms with E-state index in [1.165, 1.54) is 0 Å². The molecule has 2 rings (SSSR count). The van der Waals surface area contributed by atoms with Gasteiger partial charge in [-0.1, -0.05) is 6.07 Å². The molecule has 1 unspecified atom stereocenters. The average Bonchev–Trinajstić information content (AvgIpc) is 2.88. The molecular formula is C12H13F3N2O3S. The van der Waals surface area contributed by atoms with Gasteiger partial charge in [-0.2, -0.15) is 17.5 Å². The SMILES string of the molecule is NC(=O)C1CCCN1S(=O)(=O)c1cccc(C(F)(F)F)c1. The molecule has 5 nitrogen and oxygen atoms in total. The number of carbonyl (C=O) groups is 1. The van der Waals surface area contributed by atoms with E-state index in [0.29, 0.717) is 12.5 Å². The average molecular weight is 322 g/mol. The quantitative estimate of drug-likeness (QED) is 0.912. The number of benzene rings is 1. The van der Waals surface area contributed by atoms with E-state index >= 15 is 0 Å². The summed E-state index contributed by atoms with van der Waals surface area (Å²) in [5.41, 5.74) is 4.08. The maximum atomic E-state index is 12.7. The molecule has 1 amide bonds. The van der Waals surface area contributed by atoms with Crippen molar-refractivity contribution in [3.8, 4) is 0 Å². The van der Waals surface area contributed by atoms with Crippen molar-refractivity contribution in [2.75, 3.05) is 6.54 Å². The molecule has 1 saturated heterocycles. The Balaban J connectivity index is 2.43. The van der Waals surface area contributed by atoms with Crippen molar-refractivity contribution in [2.24, 2.45) is 5.73 Å². The van der Waals surface area contributed by atoms with Gasteiger partial charge in [0.15, 0.2) is 0 Å². The van der Waals surface area contributed by atoms with Gasteiger partial charge in [-0.25, -0.2) is 8.42 Å². The fourth-order valence-electron chi connectivity index (χ4n) is 2.28. The molecule has 1 aromatic rings. The fraction of sp³-hybridized carbons (Fsp3) is 0.417. The lowest BCUT2D eigenvalue weighted by Gasteiger charge is -2.22. The van der Waals surface area contributed by atoms with E-state index in [2.05, 4.69) is 0 Å². The first kappa shape index (κ1) is 15.8. The number of rotatable bonds is 3. The largest absolute Gasteiger partial charge is 0.416 e. The van der Waals surface area contributed by atoms with Crippen molar-refractivity contribution >= 4 is 15.9 Å². The van der Waals surface area contributed by atoms with E-state index in [4.69, 9.17) is 5.73 Å². The molecule has 1 fully saturated rings. The maximum absolute atomic E-state index is 12.7. The van der Waals surface area contributed by atoms with Gasteiger partial charge in [-0.05, 0) is 31.0 Å². The molecule has 1 atom stereocenters. The molecule has 21 heavy (non-hydrogen) atoms. The number of nitrogens with two attached hydrogens (primary N) is 1. The molecule has 1 aromatic carbocycles. The summed E-state index contributed by atoms with van der Waals surface area (Å²) in [6.07, 6.45) is -3.93. The van der Waals surface area contributed by atoms with Crippen LogP contribution in [0.1, 0.15) is 18.4 Å².